The van der Waals surface area contributed by atoms with Crippen molar-refractivity contribution in [2.45, 2.75) is 12.1 Å². The lowest BCUT2D eigenvalue weighted by Gasteiger charge is -2.10. The number of amides is 1. The number of carbonyl (C=O) groups excluding carboxylic acids is 1. The third-order valence-electron chi connectivity index (χ3n) is 4.70. The van der Waals surface area contributed by atoms with Crippen LogP contribution in [0, 0.1) is 0 Å². The quantitative estimate of drug-likeness (QED) is 0.214. The predicted molar refractivity (Wildman–Crippen MR) is 133 cm³/mol. The van der Waals surface area contributed by atoms with Gasteiger partial charge >= 0.3 is 0 Å². The molecule has 2 N–H and O–H groups in total. The van der Waals surface area contributed by atoms with E-state index in [4.69, 9.17) is 4.74 Å². The number of hydrazone groups is 1. The maximum absolute atomic E-state index is 12.4. The number of nitrogens with one attached hydrogen (secondary N) is 1. The average molecular weight is 474 g/mol. The van der Waals surface area contributed by atoms with Crippen molar-refractivity contribution in [2.24, 2.45) is 5.10 Å². The number of nitrogens with zero attached hydrogens (tertiary/aromatic N) is 4. The third kappa shape index (κ3) is 5.62. The maximum Gasteiger partial charge on any atom is 0.250 e. The number of ether oxygens (including phenoxy) is 1. The maximum atomic E-state index is 12.4. The number of para-hydroxylation sites is 1. The minimum absolute atomic E-state index is 0.0159. The number of thioether (sulfide) groups is 1. The number of aromatic nitrogens is 3. The molecule has 0 unspecified atom stereocenters. The van der Waals surface area contributed by atoms with E-state index in [1.807, 2.05) is 72.2 Å². The number of hydrogen-bond donors (Lipinski definition) is 2. The minimum atomic E-state index is -0.291. The van der Waals surface area contributed by atoms with Crippen LogP contribution in [0.15, 0.2) is 89.1 Å². The van der Waals surface area contributed by atoms with Gasteiger partial charge in [-0.15, -0.1) is 10.2 Å². The summed E-state index contributed by atoms with van der Waals surface area (Å²) in [6.07, 6.45) is 1.46. The van der Waals surface area contributed by atoms with Crippen molar-refractivity contribution in [1.82, 2.24) is 20.2 Å². The lowest BCUT2D eigenvalue weighted by Crippen LogP contribution is -2.20. The van der Waals surface area contributed by atoms with E-state index in [-0.39, 0.29) is 17.4 Å². The Balaban J connectivity index is 1.43. The van der Waals surface area contributed by atoms with Crippen molar-refractivity contribution in [2.75, 3.05) is 12.4 Å². The highest BCUT2D eigenvalue weighted by atomic mass is 32.2. The van der Waals surface area contributed by atoms with Gasteiger partial charge in [0, 0.05) is 11.3 Å². The third-order valence-corrected chi connectivity index (χ3v) is 5.63. The normalized spacial score (nSPS) is 11.0. The predicted octanol–water partition coefficient (Wildman–Crippen LogP) is 4.28. The summed E-state index contributed by atoms with van der Waals surface area (Å²) in [5, 5.41) is 23.2. The molecule has 0 aliphatic carbocycles. The molecule has 34 heavy (non-hydrogen) atoms. The first-order valence-electron chi connectivity index (χ1n) is 10.6. The van der Waals surface area contributed by atoms with Gasteiger partial charge < -0.3 is 9.84 Å². The zero-order valence-electron chi connectivity index (χ0n) is 18.5. The van der Waals surface area contributed by atoms with E-state index in [1.54, 1.807) is 12.1 Å². The number of rotatable bonds is 9. The van der Waals surface area contributed by atoms with Gasteiger partial charge in [0.2, 0.25) is 0 Å². The molecule has 0 radical (unpaired) electrons. The monoisotopic (exact) mass is 473 g/mol. The standard InChI is InChI=1S/C25H23N5O3S/c1-2-33-22-14-13-18(15-21(22)31)16-26-27-23(32)17-34-25-29-28-24(19-9-5-3-6-10-19)30(25)20-11-7-4-8-12-20/h3-16,31H,2,17H2,1H3,(H,27,32). The molecule has 1 heterocycles. The van der Waals surface area contributed by atoms with E-state index in [0.717, 1.165) is 11.3 Å². The Hall–Kier alpha value is -4.11. The van der Waals surface area contributed by atoms with Crippen LogP contribution in [0.5, 0.6) is 11.5 Å². The van der Waals surface area contributed by atoms with Gasteiger partial charge in [0.15, 0.2) is 22.5 Å². The fourth-order valence-corrected chi connectivity index (χ4v) is 3.93. The first kappa shape index (κ1) is 23.1. The molecule has 1 amide bonds. The smallest absolute Gasteiger partial charge is 0.250 e. The van der Waals surface area contributed by atoms with Crippen molar-refractivity contribution in [3.63, 3.8) is 0 Å². The molecule has 4 rings (SSSR count). The number of phenolic OH excluding ortho intramolecular Hbond substituents is 1. The fraction of sp³-hybridized carbons (Fsp3) is 0.120. The second-order valence-electron chi connectivity index (χ2n) is 7.09. The highest BCUT2D eigenvalue weighted by molar-refractivity contribution is 7.99. The number of carbonyl (C=O) groups is 1. The lowest BCUT2D eigenvalue weighted by atomic mass is 10.2. The zero-order valence-corrected chi connectivity index (χ0v) is 19.3. The summed E-state index contributed by atoms with van der Waals surface area (Å²) in [6, 6.07) is 24.5. The highest BCUT2D eigenvalue weighted by Gasteiger charge is 2.17. The molecular weight excluding hydrogens is 450 g/mol. The van der Waals surface area contributed by atoms with Crippen LogP contribution in [-0.2, 0) is 4.79 Å². The van der Waals surface area contributed by atoms with Crippen LogP contribution < -0.4 is 10.2 Å². The van der Waals surface area contributed by atoms with Gasteiger partial charge in [-0.3, -0.25) is 9.36 Å². The van der Waals surface area contributed by atoms with E-state index in [0.29, 0.717) is 28.9 Å². The molecule has 0 fully saturated rings. The van der Waals surface area contributed by atoms with Crippen LogP contribution in [0.25, 0.3) is 17.1 Å². The molecule has 0 aliphatic heterocycles. The molecule has 0 aliphatic rings. The largest absolute Gasteiger partial charge is 0.504 e. The van der Waals surface area contributed by atoms with Crippen LogP contribution in [-0.4, -0.2) is 44.4 Å². The van der Waals surface area contributed by atoms with Crippen LogP contribution in [0.2, 0.25) is 0 Å². The topological polar surface area (TPSA) is 102 Å². The van der Waals surface area contributed by atoms with Crippen molar-refractivity contribution < 1.29 is 14.6 Å². The first-order valence-corrected chi connectivity index (χ1v) is 11.6. The van der Waals surface area contributed by atoms with Gasteiger partial charge in [0.25, 0.3) is 5.91 Å². The molecule has 172 valence electrons. The molecule has 0 spiro atoms. The van der Waals surface area contributed by atoms with E-state index >= 15 is 0 Å². The number of hydrogen-bond acceptors (Lipinski definition) is 7. The summed E-state index contributed by atoms with van der Waals surface area (Å²) >= 11 is 1.27. The Morgan fingerprint density at radius 2 is 1.82 bits per heavy atom. The summed E-state index contributed by atoms with van der Waals surface area (Å²) in [5.41, 5.74) is 4.96. The molecule has 9 heteroatoms. The molecule has 3 aromatic carbocycles. The van der Waals surface area contributed by atoms with Gasteiger partial charge in [-0.1, -0.05) is 60.3 Å². The molecule has 0 atom stereocenters. The van der Waals surface area contributed by atoms with Crippen LogP contribution in [0.1, 0.15) is 12.5 Å². The van der Waals surface area contributed by atoms with Gasteiger partial charge in [-0.05, 0) is 42.8 Å². The Morgan fingerprint density at radius 1 is 1.09 bits per heavy atom. The summed E-state index contributed by atoms with van der Waals surface area (Å²) in [4.78, 5) is 12.4. The van der Waals surface area contributed by atoms with E-state index in [2.05, 4.69) is 20.7 Å². The van der Waals surface area contributed by atoms with Crippen LogP contribution in [0.3, 0.4) is 0 Å². The molecule has 0 bridgehead atoms. The summed E-state index contributed by atoms with van der Waals surface area (Å²) in [5.74, 6) is 0.925. The Labute approximate surface area is 201 Å². The van der Waals surface area contributed by atoms with E-state index in [9.17, 15) is 9.90 Å². The second kappa shape index (κ2) is 11.2. The van der Waals surface area contributed by atoms with Crippen molar-refractivity contribution in [3.05, 3.63) is 84.4 Å². The Morgan fingerprint density at radius 3 is 2.53 bits per heavy atom. The molecule has 0 saturated heterocycles. The molecular formula is C25H23N5O3S. The van der Waals surface area contributed by atoms with Crippen LogP contribution in [0.4, 0.5) is 0 Å². The van der Waals surface area contributed by atoms with Crippen molar-refractivity contribution in [3.8, 4) is 28.6 Å². The Bertz CT molecular complexity index is 1280. The van der Waals surface area contributed by atoms with Crippen molar-refractivity contribution in [1.29, 1.82) is 0 Å². The fourth-order valence-electron chi connectivity index (χ4n) is 3.18. The van der Waals surface area contributed by atoms with Gasteiger partial charge in [-0.25, -0.2) is 5.43 Å². The van der Waals surface area contributed by atoms with Crippen LogP contribution >= 0.6 is 11.8 Å². The van der Waals surface area contributed by atoms with E-state index in [1.165, 1.54) is 24.0 Å². The first-order chi connectivity index (χ1) is 16.7. The summed E-state index contributed by atoms with van der Waals surface area (Å²) < 4.78 is 7.23. The number of aromatic hydroxyl groups is 1. The molecule has 1 aromatic heterocycles. The number of phenols is 1. The zero-order chi connectivity index (χ0) is 23.8. The second-order valence-corrected chi connectivity index (χ2v) is 8.03. The average Bonchev–Trinajstić information content (AvgIpc) is 3.29. The molecule has 4 aromatic rings. The van der Waals surface area contributed by atoms with Gasteiger partial charge in [-0.2, -0.15) is 5.10 Å². The van der Waals surface area contributed by atoms with E-state index < -0.39 is 0 Å². The number of benzene rings is 3. The lowest BCUT2D eigenvalue weighted by molar-refractivity contribution is -0.118. The van der Waals surface area contributed by atoms with Gasteiger partial charge in [0.1, 0.15) is 0 Å². The van der Waals surface area contributed by atoms with Gasteiger partial charge in [0.05, 0.1) is 18.6 Å². The highest BCUT2D eigenvalue weighted by Crippen LogP contribution is 2.28. The summed E-state index contributed by atoms with van der Waals surface area (Å²) in [7, 11) is 0. The Kier molecular flexibility index (Phi) is 7.56. The molecule has 8 nitrogen and oxygen atoms in total. The molecule has 0 saturated carbocycles. The minimum Gasteiger partial charge on any atom is -0.504 e. The van der Waals surface area contributed by atoms with Crippen molar-refractivity contribution >= 4 is 23.9 Å². The SMILES string of the molecule is CCOc1ccc(C=NNC(=O)CSc2nnc(-c3ccccc3)n2-c2ccccc2)cc1O. The summed E-state index contributed by atoms with van der Waals surface area (Å²) in [6.45, 7) is 2.30.